The first kappa shape index (κ1) is 10.7. The second-order valence-electron chi connectivity index (χ2n) is 3.13. The lowest BCUT2D eigenvalue weighted by Crippen LogP contribution is -2.12. The first-order chi connectivity index (χ1) is 7.29. The van der Waals surface area contributed by atoms with E-state index in [-0.39, 0.29) is 0 Å². The van der Waals surface area contributed by atoms with Gasteiger partial charge in [0.2, 0.25) is 0 Å². The minimum atomic E-state index is 0.773. The zero-order valence-electron chi connectivity index (χ0n) is 8.38. The quantitative estimate of drug-likeness (QED) is 0.864. The highest BCUT2D eigenvalue weighted by Gasteiger charge is 2.05. The van der Waals surface area contributed by atoms with Crippen LogP contribution in [-0.2, 0) is 6.54 Å². The maximum Gasteiger partial charge on any atom is 0.120 e. The third-order valence-electron chi connectivity index (χ3n) is 2.01. The normalized spacial score (nSPS) is 10.8. The number of aromatic amines is 1. The molecule has 2 rings (SSSR count). The zero-order valence-corrected chi connectivity index (χ0v) is 9.95. The van der Waals surface area contributed by atoms with Gasteiger partial charge in [-0.25, -0.2) is 4.98 Å². The third kappa shape index (κ3) is 2.59. The van der Waals surface area contributed by atoms with Crippen molar-refractivity contribution in [3.05, 3.63) is 28.5 Å². The molecule has 3 nitrogen and oxygen atoms in total. The monoisotopic (exact) mass is 241 g/mol. The predicted molar refractivity (Wildman–Crippen MR) is 64.3 cm³/mol. The number of hydrogen-bond acceptors (Lipinski definition) is 3. The van der Waals surface area contributed by atoms with Gasteiger partial charge >= 0.3 is 0 Å². The first-order valence-corrected chi connectivity index (χ1v) is 5.99. The largest absolute Gasteiger partial charge is 0.340 e. The van der Waals surface area contributed by atoms with E-state index in [1.54, 1.807) is 11.3 Å². The van der Waals surface area contributed by atoms with Gasteiger partial charge in [0.1, 0.15) is 5.82 Å². The Kier molecular flexibility index (Phi) is 3.41. The fourth-order valence-electron chi connectivity index (χ4n) is 1.28. The molecule has 2 aromatic heterocycles. The van der Waals surface area contributed by atoms with Crippen LogP contribution in [0.3, 0.4) is 0 Å². The molecule has 0 amide bonds. The summed E-state index contributed by atoms with van der Waals surface area (Å²) >= 11 is 7.42. The second kappa shape index (κ2) is 4.79. The summed E-state index contributed by atoms with van der Waals surface area (Å²) in [5, 5.41) is 3.22. The van der Waals surface area contributed by atoms with Crippen molar-refractivity contribution in [3.8, 4) is 10.6 Å². The molecule has 0 bridgehead atoms. The van der Waals surface area contributed by atoms with Crippen molar-refractivity contribution in [3.63, 3.8) is 0 Å². The molecule has 2 heterocycles. The van der Waals surface area contributed by atoms with Gasteiger partial charge < -0.3 is 10.3 Å². The van der Waals surface area contributed by atoms with Gasteiger partial charge in [-0.3, -0.25) is 0 Å². The van der Waals surface area contributed by atoms with Crippen molar-refractivity contribution in [1.29, 1.82) is 0 Å². The van der Waals surface area contributed by atoms with Gasteiger partial charge in [0.25, 0.3) is 0 Å². The number of H-pyrrole nitrogens is 1. The molecule has 2 N–H and O–H groups in total. The SMILES string of the molecule is CCNCc1ncc(-c2ccc(Cl)s2)[nH]1. The van der Waals surface area contributed by atoms with Gasteiger partial charge in [-0.2, -0.15) is 0 Å². The van der Waals surface area contributed by atoms with Gasteiger partial charge in [-0.1, -0.05) is 18.5 Å². The van der Waals surface area contributed by atoms with Crippen molar-refractivity contribution in [2.24, 2.45) is 0 Å². The van der Waals surface area contributed by atoms with Crippen molar-refractivity contribution >= 4 is 22.9 Å². The van der Waals surface area contributed by atoms with E-state index in [1.807, 2.05) is 18.3 Å². The van der Waals surface area contributed by atoms with Crippen LogP contribution >= 0.6 is 22.9 Å². The predicted octanol–water partition coefficient (Wildman–Crippen LogP) is 2.90. The average molecular weight is 242 g/mol. The van der Waals surface area contributed by atoms with Crippen LogP contribution in [0.4, 0.5) is 0 Å². The molecule has 15 heavy (non-hydrogen) atoms. The van der Waals surface area contributed by atoms with Crippen LogP contribution in [0.5, 0.6) is 0 Å². The standard InChI is InChI=1S/C10H12ClN3S/c1-2-12-6-10-13-5-7(14-10)8-3-4-9(11)15-8/h3-5,12H,2,6H2,1H3,(H,13,14). The number of halogens is 1. The summed E-state index contributed by atoms with van der Waals surface area (Å²) < 4.78 is 0.799. The molecule has 0 saturated heterocycles. The Morgan fingerprint density at radius 1 is 1.53 bits per heavy atom. The lowest BCUT2D eigenvalue weighted by molar-refractivity contribution is 0.698. The average Bonchev–Trinajstić information content (AvgIpc) is 2.83. The highest BCUT2D eigenvalue weighted by Crippen LogP contribution is 2.29. The van der Waals surface area contributed by atoms with Gasteiger partial charge in [0.15, 0.2) is 0 Å². The van der Waals surface area contributed by atoms with Crippen molar-refractivity contribution in [1.82, 2.24) is 15.3 Å². The molecular formula is C10H12ClN3S. The van der Waals surface area contributed by atoms with Crippen LogP contribution in [0, 0.1) is 0 Å². The summed E-state index contributed by atoms with van der Waals surface area (Å²) in [4.78, 5) is 8.66. The van der Waals surface area contributed by atoms with Crippen LogP contribution in [0.1, 0.15) is 12.7 Å². The van der Waals surface area contributed by atoms with E-state index in [4.69, 9.17) is 11.6 Å². The second-order valence-corrected chi connectivity index (χ2v) is 4.84. The zero-order chi connectivity index (χ0) is 10.7. The number of rotatable bonds is 4. The van der Waals surface area contributed by atoms with E-state index in [0.717, 1.165) is 33.8 Å². The van der Waals surface area contributed by atoms with Gasteiger partial charge in [0.05, 0.1) is 27.6 Å². The molecule has 80 valence electrons. The fourth-order valence-corrected chi connectivity index (χ4v) is 2.29. The summed E-state index contributed by atoms with van der Waals surface area (Å²) in [5.41, 5.74) is 1.03. The fraction of sp³-hybridized carbons (Fsp3) is 0.300. The lowest BCUT2D eigenvalue weighted by Gasteiger charge is -1.96. The number of imidazole rings is 1. The molecule has 0 aliphatic heterocycles. The van der Waals surface area contributed by atoms with Gasteiger partial charge in [-0.15, -0.1) is 11.3 Å². The Morgan fingerprint density at radius 3 is 3.07 bits per heavy atom. The maximum absolute atomic E-state index is 5.87. The number of hydrogen-bond donors (Lipinski definition) is 2. The topological polar surface area (TPSA) is 40.7 Å². The Labute approximate surface area is 97.5 Å². The molecule has 0 atom stereocenters. The molecule has 2 aromatic rings. The summed E-state index contributed by atoms with van der Waals surface area (Å²) in [6.45, 7) is 3.79. The van der Waals surface area contributed by atoms with Crippen LogP contribution in [0.15, 0.2) is 18.3 Å². The van der Waals surface area contributed by atoms with Crippen LogP contribution in [-0.4, -0.2) is 16.5 Å². The van der Waals surface area contributed by atoms with E-state index >= 15 is 0 Å². The number of nitrogens with zero attached hydrogens (tertiary/aromatic N) is 1. The molecule has 0 unspecified atom stereocenters. The number of thiophene rings is 1. The molecule has 5 heteroatoms. The Bertz CT molecular complexity index is 435. The molecule has 0 radical (unpaired) electrons. The summed E-state index contributed by atoms with van der Waals surface area (Å²) in [6, 6.07) is 3.89. The number of nitrogens with one attached hydrogen (secondary N) is 2. The molecule has 0 aliphatic rings. The van der Waals surface area contributed by atoms with E-state index in [0.29, 0.717) is 0 Å². The Balaban J connectivity index is 2.13. The van der Waals surface area contributed by atoms with Crippen LogP contribution in [0.2, 0.25) is 4.34 Å². The lowest BCUT2D eigenvalue weighted by atomic mass is 10.4. The summed E-state index contributed by atoms with van der Waals surface area (Å²) in [6.07, 6.45) is 1.84. The summed E-state index contributed by atoms with van der Waals surface area (Å²) in [7, 11) is 0. The molecular weight excluding hydrogens is 230 g/mol. The van der Waals surface area contributed by atoms with E-state index in [9.17, 15) is 0 Å². The number of aromatic nitrogens is 2. The highest BCUT2D eigenvalue weighted by atomic mass is 35.5. The van der Waals surface area contributed by atoms with Crippen LogP contribution < -0.4 is 5.32 Å². The molecule has 0 aromatic carbocycles. The minimum absolute atomic E-state index is 0.773. The molecule has 0 fully saturated rings. The van der Waals surface area contributed by atoms with E-state index in [1.165, 1.54) is 0 Å². The molecule has 0 spiro atoms. The van der Waals surface area contributed by atoms with E-state index in [2.05, 4.69) is 22.2 Å². The Morgan fingerprint density at radius 2 is 2.40 bits per heavy atom. The molecule has 0 aliphatic carbocycles. The molecule has 0 saturated carbocycles. The summed E-state index contributed by atoms with van der Waals surface area (Å²) in [5.74, 6) is 0.955. The van der Waals surface area contributed by atoms with Crippen LogP contribution in [0.25, 0.3) is 10.6 Å². The van der Waals surface area contributed by atoms with Crippen molar-refractivity contribution in [2.45, 2.75) is 13.5 Å². The van der Waals surface area contributed by atoms with Crippen molar-refractivity contribution in [2.75, 3.05) is 6.54 Å². The smallest absolute Gasteiger partial charge is 0.120 e. The third-order valence-corrected chi connectivity index (χ3v) is 3.27. The van der Waals surface area contributed by atoms with Gasteiger partial charge in [-0.05, 0) is 18.7 Å². The van der Waals surface area contributed by atoms with Gasteiger partial charge in [0, 0.05) is 0 Å². The maximum atomic E-state index is 5.87. The first-order valence-electron chi connectivity index (χ1n) is 4.80. The van der Waals surface area contributed by atoms with Crippen molar-refractivity contribution < 1.29 is 0 Å². The van der Waals surface area contributed by atoms with E-state index < -0.39 is 0 Å². The highest BCUT2D eigenvalue weighted by molar-refractivity contribution is 7.19. The minimum Gasteiger partial charge on any atom is -0.340 e. The Hall–Kier alpha value is -0.840.